The largest absolute Gasteiger partial charge is 0.378 e. The Balaban J connectivity index is 1.56. The molecular weight excluding hydrogens is 294 g/mol. The Kier molecular flexibility index (Phi) is 4.87. The van der Waals surface area contributed by atoms with E-state index >= 15 is 0 Å². The maximum atomic E-state index is 12.3. The lowest BCUT2D eigenvalue weighted by atomic mass is 10.2. The van der Waals surface area contributed by atoms with Crippen molar-refractivity contribution in [3.8, 4) is 0 Å². The van der Waals surface area contributed by atoms with Crippen molar-refractivity contribution in [3.05, 3.63) is 42.4 Å². The zero-order valence-corrected chi connectivity index (χ0v) is 13.2. The fourth-order valence-corrected chi connectivity index (χ4v) is 2.54. The van der Waals surface area contributed by atoms with Crippen LogP contribution in [0.25, 0.3) is 0 Å². The number of carbonyl (C=O) groups is 1. The average Bonchev–Trinajstić information content (AvgIpc) is 3.08. The first-order valence-electron chi connectivity index (χ1n) is 7.79. The molecule has 2 aromatic rings. The molecule has 0 unspecified atom stereocenters. The minimum atomic E-state index is -0.120. The third-order valence-electron chi connectivity index (χ3n) is 3.74. The van der Waals surface area contributed by atoms with Gasteiger partial charge in [-0.3, -0.25) is 9.48 Å². The van der Waals surface area contributed by atoms with Gasteiger partial charge in [-0.2, -0.15) is 5.10 Å². The smallest absolute Gasteiger partial charge is 0.253 e. The summed E-state index contributed by atoms with van der Waals surface area (Å²) in [6.45, 7) is 5.69. The van der Waals surface area contributed by atoms with Crippen molar-refractivity contribution in [2.24, 2.45) is 0 Å². The van der Waals surface area contributed by atoms with E-state index in [2.05, 4.69) is 20.3 Å². The molecule has 1 N–H and O–H groups in total. The van der Waals surface area contributed by atoms with E-state index in [-0.39, 0.29) is 11.9 Å². The van der Waals surface area contributed by atoms with Crippen molar-refractivity contribution in [1.82, 2.24) is 20.1 Å². The Morgan fingerprint density at radius 2 is 2.22 bits per heavy atom. The van der Waals surface area contributed by atoms with Crippen LogP contribution in [-0.4, -0.2) is 53.0 Å². The SMILES string of the molecule is C[C@H](Cn1cccn1)NC(=O)c1ccc(N2CCOCC2)nc1. The number of rotatable bonds is 5. The molecule has 2 aromatic heterocycles. The van der Waals surface area contributed by atoms with E-state index in [1.54, 1.807) is 17.1 Å². The van der Waals surface area contributed by atoms with Crippen LogP contribution in [0.5, 0.6) is 0 Å². The monoisotopic (exact) mass is 315 g/mol. The van der Waals surface area contributed by atoms with Gasteiger partial charge in [0.25, 0.3) is 5.91 Å². The van der Waals surface area contributed by atoms with Crippen molar-refractivity contribution >= 4 is 11.7 Å². The van der Waals surface area contributed by atoms with Gasteiger partial charge in [0.2, 0.25) is 0 Å². The second-order valence-corrected chi connectivity index (χ2v) is 5.61. The molecule has 1 fully saturated rings. The fourth-order valence-electron chi connectivity index (χ4n) is 2.54. The third-order valence-corrected chi connectivity index (χ3v) is 3.74. The van der Waals surface area contributed by atoms with Crippen molar-refractivity contribution in [2.75, 3.05) is 31.2 Å². The van der Waals surface area contributed by atoms with Crippen LogP contribution < -0.4 is 10.2 Å². The number of amides is 1. The molecule has 0 bridgehead atoms. The van der Waals surface area contributed by atoms with Crippen molar-refractivity contribution in [1.29, 1.82) is 0 Å². The minimum Gasteiger partial charge on any atom is -0.378 e. The minimum absolute atomic E-state index is 0.0127. The molecule has 1 amide bonds. The highest BCUT2D eigenvalue weighted by Gasteiger charge is 2.14. The fraction of sp³-hybridized carbons (Fsp3) is 0.438. The molecule has 1 aliphatic rings. The summed E-state index contributed by atoms with van der Waals surface area (Å²) in [7, 11) is 0. The van der Waals surface area contributed by atoms with Gasteiger partial charge in [0.15, 0.2) is 0 Å². The molecule has 0 radical (unpaired) electrons. The van der Waals surface area contributed by atoms with E-state index in [4.69, 9.17) is 4.74 Å². The lowest BCUT2D eigenvalue weighted by molar-refractivity contribution is 0.0935. The number of anilines is 1. The average molecular weight is 315 g/mol. The van der Waals surface area contributed by atoms with E-state index in [9.17, 15) is 4.79 Å². The summed E-state index contributed by atoms with van der Waals surface area (Å²) in [5.41, 5.74) is 0.564. The van der Waals surface area contributed by atoms with E-state index in [0.717, 1.165) is 32.1 Å². The van der Waals surface area contributed by atoms with Crippen LogP contribution in [0.3, 0.4) is 0 Å². The van der Waals surface area contributed by atoms with Crippen molar-refractivity contribution in [2.45, 2.75) is 19.5 Å². The van der Waals surface area contributed by atoms with Gasteiger partial charge in [-0.25, -0.2) is 4.98 Å². The van der Waals surface area contributed by atoms with Gasteiger partial charge in [-0.15, -0.1) is 0 Å². The Hall–Kier alpha value is -2.41. The first-order valence-corrected chi connectivity index (χ1v) is 7.79. The molecule has 0 aliphatic carbocycles. The molecule has 3 rings (SSSR count). The second kappa shape index (κ2) is 7.23. The summed E-state index contributed by atoms with van der Waals surface area (Å²) >= 11 is 0. The molecule has 0 spiro atoms. The lowest BCUT2D eigenvalue weighted by Crippen LogP contribution is -2.37. The van der Waals surface area contributed by atoms with E-state index < -0.39 is 0 Å². The van der Waals surface area contributed by atoms with Gasteiger partial charge < -0.3 is 15.0 Å². The zero-order chi connectivity index (χ0) is 16.1. The van der Waals surface area contributed by atoms with Crippen molar-refractivity contribution < 1.29 is 9.53 Å². The van der Waals surface area contributed by atoms with Crippen molar-refractivity contribution in [3.63, 3.8) is 0 Å². The summed E-state index contributed by atoms with van der Waals surface area (Å²) in [5, 5.41) is 7.10. The Bertz CT molecular complexity index is 620. The molecule has 0 aromatic carbocycles. The number of ether oxygens (including phenoxy) is 1. The van der Waals surface area contributed by atoms with Gasteiger partial charge in [0, 0.05) is 37.7 Å². The topological polar surface area (TPSA) is 72.3 Å². The van der Waals surface area contributed by atoms with Gasteiger partial charge in [0.1, 0.15) is 5.82 Å². The molecule has 7 nitrogen and oxygen atoms in total. The predicted octanol–water partition coefficient (Wildman–Crippen LogP) is 0.933. The summed E-state index contributed by atoms with van der Waals surface area (Å²) in [6.07, 6.45) is 5.23. The summed E-state index contributed by atoms with van der Waals surface area (Å²) < 4.78 is 7.13. The first-order chi connectivity index (χ1) is 11.2. The molecular formula is C16H21N5O2. The maximum absolute atomic E-state index is 12.3. The highest BCUT2D eigenvalue weighted by Crippen LogP contribution is 2.13. The van der Waals surface area contributed by atoms with E-state index in [1.807, 2.05) is 31.3 Å². The highest BCUT2D eigenvalue weighted by molar-refractivity contribution is 5.94. The third kappa shape index (κ3) is 4.07. The number of nitrogens with zero attached hydrogens (tertiary/aromatic N) is 4. The number of hydrogen-bond donors (Lipinski definition) is 1. The molecule has 0 saturated carbocycles. The van der Waals surface area contributed by atoms with Crippen LogP contribution in [-0.2, 0) is 11.3 Å². The summed E-state index contributed by atoms with van der Waals surface area (Å²) in [5.74, 6) is 0.764. The van der Waals surface area contributed by atoms with Crippen LogP contribution in [0, 0.1) is 0 Å². The molecule has 3 heterocycles. The number of aromatic nitrogens is 3. The van der Waals surface area contributed by atoms with Crippen LogP contribution >= 0.6 is 0 Å². The first kappa shape index (κ1) is 15.5. The number of morpholine rings is 1. The van der Waals surface area contributed by atoms with E-state index in [0.29, 0.717) is 12.1 Å². The van der Waals surface area contributed by atoms with Gasteiger partial charge in [0.05, 0.1) is 25.3 Å². The Morgan fingerprint density at radius 3 is 2.87 bits per heavy atom. The Morgan fingerprint density at radius 1 is 1.39 bits per heavy atom. The number of pyridine rings is 1. The second-order valence-electron chi connectivity index (χ2n) is 5.61. The molecule has 1 atom stereocenters. The van der Waals surface area contributed by atoms with Gasteiger partial charge in [-0.05, 0) is 25.1 Å². The van der Waals surface area contributed by atoms with Crippen LogP contribution in [0.2, 0.25) is 0 Å². The van der Waals surface area contributed by atoms with Crippen LogP contribution in [0.4, 0.5) is 5.82 Å². The molecule has 122 valence electrons. The molecule has 1 aliphatic heterocycles. The summed E-state index contributed by atoms with van der Waals surface area (Å²) in [4.78, 5) is 18.8. The predicted molar refractivity (Wildman–Crippen MR) is 86.4 cm³/mol. The zero-order valence-electron chi connectivity index (χ0n) is 13.2. The normalized spacial score (nSPS) is 16.1. The molecule has 23 heavy (non-hydrogen) atoms. The summed E-state index contributed by atoms with van der Waals surface area (Å²) in [6, 6.07) is 5.55. The quantitative estimate of drug-likeness (QED) is 0.889. The molecule has 7 heteroatoms. The number of carbonyl (C=O) groups excluding carboxylic acids is 1. The highest BCUT2D eigenvalue weighted by atomic mass is 16.5. The molecule has 1 saturated heterocycles. The lowest BCUT2D eigenvalue weighted by Gasteiger charge is -2.27. The van der Waals surface area contributed by atoms with E-state index in [1.165, 1.54) is 0 Å². The maximum Gasteiger partial charge on any atom is 0.253 e. The number of hydrogen-bond acceptors (Lipinski definition) is 5. The van der Waals surface area contributed by atoms with Gasteiger partial charge >= 0.3 is 0 Å². The standard InChI is InChI=1S/C16H21N5O2/c1-13(12-21-6-2-5-18-21)19-16(22)14-3-4-15(17-11-14)20-7-9-23-10-8-20/h2-6,11,13H,7-10,12H2,1H3,(H,19,22)/t13-/m1/s1. The van der Waals surface area contributed by atoms with Crippen LogP contribution in [0.1, 0.15) is 17.3 Å². The number of nitrogens with one attached hydrogen (secondary N) is 1. The Labute approximate surface area is 135 Å². The van der Waals surface area contributed by atoms with Gasteiger partial charge in [-0.1, -0.05) is 0 Å². The van der Waals surface area contributed by atoms with Crippen LogP contribution in [0.15, 0.2) is 36.8 Å².